The molecule has 17 heavy (non-hydrogen) atoms. The third-order valence-corrected chi connectivity index (χ3v) is 2.17. The molecule has 0 aliphatic rings. The Morgan fingerprint density at radius 2 is 1.88 bits per heavy atom. The normalized spacial score (nSPS) is 10.4. The molecule has 1 aromatic rings. The summed E-state index contributed by atoms with van der Waals surface area (Å²) in [5.74, 6) is -0.666. The summed E-state index contributed by atoms with van der Waals surface area (Å²) in [4.78, 5) is 22.8. The van der Waals surface area contributed by atoms with Crippen molar-refractivity contribution in [1.82, 2.24) is 0 Å². The fraction of sp³-hybridized carbons (Fsp3) is 0.286. The number of carbonyl (C=O) groups excluding carboxylic acids is 2. The number of rotatable bonds is 6. The molecule has 0 saturated carbocycles. The molecule has 0 aromatic heterocycles. The van der Waals surface area contributed by atoms with E-state index in [-0.39, 0.29) is 5.78 Å². The lowest BCUT2D eigenvalue weighted by Gasteiger charge is -1.99. The standard InChI is InChI=1S/C14H16O3/c1-2-3-11-17-14(16)10-9-13(15)12-7-5-4-6-8-12/h4-10H,2-3,11H2,1H3/b10-9+. The number of allylic oxidation sites excluding steroid dienone is 1. The van der Waals surface area contributed by atoms with E-state index in [0.29, 0.717) is 12.2 Å². The van der Waals surface area contributed by atoms with Crippen molar-refractivity contribution >= 4 is 11.8 Å². The number of unbranched alkanes of at least 4 members (excludes halogenated alkanes) is 1. The maximum atomic E-state index is 11.6. The van der Waals surface area contributed by atoms with E-state index in [1.165, 1.54) is 12.2 Å². The second-order valence-electron chi connectivity index (χ2n) is 3.58. The lowest BCUT2D eigenvalue weighted by Crippen LogP contribution is -2.03. The predicted octanol–water partition coefficient (Wildman–Crippen LogP) is 2.77. The van der Waals surface area contributed by atoms with Gasteiger partial charge < -0.3 is 4.74 Å². The van der Waals surface area contributed by atoms with Gasteiger partial charge in [0.15, 0.2) is 5.78 Å². The highest BCUT2D eigenvalue weighted by molar-refractivity contribution is 6.06. The van der Waals surface area contributed by atoms with Crippen molar-refractivity contribution in [3.63, 3.8) is 0 Å². The third-order valence-electron chi connectivity index (χ3n) is 2.17. The van der Waals surface area contributed by atoms with E-state index in [9.17, 15) is 9.59 Å². The largest absolute Gasteiger partial charge is 0.463 e. The van der Waals surface area contributed by atoms with Gasteiger partial charge in [-0.1, -0.05) is 43.7 Å². The Hall–Kier alpha value is -1.90. The molecule has 0 aliphatic heterocycles. The first-order valence-electron chi connectivity index (χ1n) is 5.68. The molecule has 0 radical (unpaired) electrons. The second-order valence-corrected chi connectivity index (χ2v) is 3.58. The van der Waals surface area contributed by atoms with Crippen LogP contribution in [0.15, 0.2) is 42.5 Å². The summed E-state index contributed by atoms with van der Waals surface area (Å²) in [5, 5.41) is 0. The summed E-state index contributed by atoms with van der Waals surface area (Å²) in [6.45, 7) is 2.42. The van der Waals surface area contributed by atoms with Crippen LogP contribution in [-0.4, -0.2) is 18.4 Å². The average molecular weight is 232 g/mol. The Morgan fingerprint density at radius 3 is 2.53 bits per heavy atom. The Kier molecular flexibility index (Phi) is 5.72. The lowest BCUT2D eigenvalue weighted by molar-refractivity contribution is -0.137. The Labute approximate surface area is 101 Å². The van der Waals surface area contributed by atoms with Gasteiger partial charge in [0.25, 0.3) is 0 Å². The first-order valence-corrected chi connectivity index (χ1v) is 5.68. The van der Waals surface area contributed by atoms with Crippen LogP contribution in [0.5, 0.6) is 0 Å². The minimum atomic E-state index is -0.470. The lowest BCUT2D eigenvalue weighted by atomic mass is 10.1. The van der Waals surface area contributed by atoms with Gasteiger partial charge in [0.2, 0.25) is 0 Å². The molecule has 0 amide bonds. The van der Waals surface area contributed by atoms with Gasteiger partial charge in [-0.05, 0) is 12.5 Å². The van der Waals surface area contributed by atoms with Crippen LogP contribution >= 0.6 is 0 Å². The molecule has 3 nitrogen and oxygen atoms in total. The van der Waals surface area contributed by atoms with Crippen molar-refractivity contribution in [3.05, 3.63) is 48.0 Å². The van der Waals surface area contributed by atoms with Crippen LogP contribution in [0.1, 0.15) is 30.1 Å². The van der Waals surface area contributed by atoms with Gasteiger partial charge in [0, 0.05) is 11.6 Å². The van der Waals surface area contributed by atoms with E-state index in [2.05, 4.69) is 0 Å². The molecule has 3 heteroatoms. The summed E-state index contributed by atoms with van der Waals surface area (Å²) in [7, 11) is 0. The van der Waals surface area contributed by atoms with Crippen molar-refractivity contribution < 1.29 is 14.3 Å². The molecule has 0 N–H and O–H groups in total. The highest BCUT2D eigenvalue weighted by atomic mass is 16.5. The van der Waals surface area contributed by atoms with E-state index in [4.69, 9.17) is 4.74 Å². The van der Waals surface area contributed by atoms with Crippen LogP contribution in [0, 0.1) is 0 Å². The summed E-state index contributed by atoms with van der Waals surface area (Å²) in [6.07, 6.45) is 4.22. The van der Waals surface area contributed by atoms with Crippen LogP contribution < -0.4 is 0 Å². The van der Waals surface area contributed by atoms with Gasteiger partial charge in [0.05, 0.1) is 6.61 Å². The number of carbonyl (C=O) groups is 2. The van der Waals surface area contributed by atoms with Crippen molar-refractivity contribution in [2.24, 2.45) is 0 Å². The van der Waals surface area contributed by atoms with Gasteiger partial charge >= 0.3 is 5.97 Å². The highest BCUT2D eigenvalue weighted by Crippen LogP contribution is 2.01. The number of esters is 1. The van der Waals surface area contributed by atoms with Gasteiger partial charge in [0.1, 0.15) is 0 Å². The van der Waals surface area contributed by atoms with Crippen molar-refractivity contribution in [3.8, 4) is 0 Å². The van der Waals surface area contributed by atoms with E-state index in [1.807, 2.05) is 13.0 Å². The number of hydrogen-bond donors (Lipinski definition) is 0. The zero-order valence-corrected chi connectivity index (χ0v) is 9.89. The molecule has 0 heterocycles. The Bertz CT molecular complexity index is 393. The minimum Gasteiger partial charge on any atom is -0.463 e. The first kappa shape index (κ1) is 13.2. The van der Waals surface area contributed by atoms with Crippen molar-refractivity contribution in [2.75, 3.05) is 6.61 Å². The van der Waals surface area contributed by atoms with E-state index in [0.717, 1.165) is 12.8 Å². The van der Waals surface area contributed by atoms with Gasteiger partial charge in [-0.3, -0.25) is 4.79 Å². The Balaban J connectivity index is 2.43. The number of hydrogen-bond acceptors (Lipinski definition) is 3. The molecule has 0 unspecified atom stereocenters. The quantitative estimate of drug-likeness (QED) is 0.328. The van der Waals surface area contributed by atoms with Crippen molar-refractivity contribution in [2.45, 2.75) is 19.8 Å². The topological polar surface area (TPSA) is 43.4 Å². The molecule has 0 atom stereocenters. The number of ketones is 1. The molecule has 1 rings (SSSR count). The van der Waals surface area contributed by atoms with E-state index < -0.39 is 5.97 Å². The van der Waals surface area contributed by atoms with Crippen LogP contribution in [0.4, 0.5) is 0 Å². The third kappa shape index (κ3) is 5.11. The smallest absolute Gasteiger partial charge is 0.330 e. The van der Waals surface area contributed by atoms with Crippen LogP contribution in [0.3, 0.4) is 0 Å². The zero-order chi connectivity index (χ0) is 12.5. The molecule has 0 spiro atoms. The second kappa shape index (κ2) is 7.39. The zero-order valence-electron chi connectivity index (χ0n) is 9.89. The first-order chi connectivity index (χ1) is 8.24. The SMILES string of the molecule is CCCCOC(=O)/C=C/C(=O)c1ccccc1. The van der Waals surface area contributed by atoms with E-state index >= 15 is 0 Å². The molecular formula is C14H16O3. The average Bonchev–Trinajstić information content (AvgIpc) is 2.37. The fourth-order valence-electron chi connectivity index (χ4n) is 1.21. The minimum absolute atomic E-state index is 0.196. The van der Waals surface area contributed by atoms with E-state index in [1.54, 1.807) is 24.3 Å². The summed E-state index contributed by atoms with van der Waals surface area (Å²) in [6, 6.07) is 8.80. The van der Waals surface area contributed by atoms with Gasteiger partial charge in [-0.25, -0.2) is 4.79 Å². The summed E-state index contributed by atoms with van der Waals surface area (Å²) < 4.78 is 4.89. The van der Waals surface area contributed by atoms with Crippen LogP contribution in [-0.2, 0) is 9.53 Å². The summed E-state index contributed by atoms with van der Waals surface area (Å²) in [5.41, 5.74) is 0.560. The number of ether oxygens (including phenoxy) is 1. The van der Waals surface area contributed by atoms with Gasteiger partial charge in [-0.2, -0.15) is 0 Å². The summed E-state index contributed by atoms with van der Waals surface area (Å²) >= 11 is 0. The number of benzene rings is 1. The molecule has 0 bridgehead atoms. The predicted molar refractivity (Wildman–Crippen MR) is 65.8 cm³/mol. The van der Waals surface area contributed by atoms with Crippen LogP contribution in [0.25, 0.3) is 0 Å². The molecule has 90 valence electrons. The molecular weight excluding hydrogens is 216 g/mol. The monoisotopic (exact) mass is 232 g/mol. The van der Waals surface area contributed by atoms with Gasteiger partial charge in [-0.15, -0.1) is 0 Å². The fourth-order valence-corrected chi connectivity index (χ4v) is 1.21. The van der Waals surface area contributed by atoms with Crippen LogP contribution in [0.2, 0.25) is 0 Å². The highest BCUT2D eigenvalue weighted by Gasteiger charge is 2.01. The maximum absolute atomic E-state index is 11.6. The van der Waals surface area contributed by atoms with Crippen molar-refractivity contribution in [1.29, 1.82) is 0 Å². The maximum Gasteiger partial charge on any atom is 0.330 e. The molecule has 0 saturated heterocycles. The molecule has 0 aliphatic carbocycles. The molecule has 0 fully saturated rings. The molecule has 1 aromatic carbocycles. The Morgan fingerprint density at radius 1 is 1.18 bits per heavy atom.